The average Bonchev–Trinajstić information content (AvgIpc) is 2.79. The normalized spacial score (nSPS) is 16.4. The lowest BCUT2D eigenvalue weighted by Crippen LogP contribution is -2.43. The van der Waals surface area contributed by atoms with E-state index in [0.29, 0.717) is 19.0 Å². The second-order valence-corrected chi connectivity index (χ2v) is 7.27. The van der Waals surface area contributed by atoms with Crippen molar-refractivity contribution >= 4 is 11.9 Å². The van der Waals surface area contributed by atoms with E-state index in [1.807, 2.05) is 42.7 Å². The zero-order valence-electron chi connectivity index (χ0n) is 16.1. The van der Waals surface area contributed by atoms with Crippen molar-refractivity contribution in [2.45, 2.75) is 19.4 Å². The standard InChI is InChI=1S/C23H23FN4O/c24-21-10-8-17(9-11-21)13-25-22(29)19-7-4-12-28(16-19)23-26-14-20(15-27-23)18-5-2-1-3-6-18/h1-3,5-6,8-11,14-15,19H,4,7,12-13,16H2,(H,25,29)/t19-/m0/s1. The zero-order chi connectivity index (χ0) is 20.1. The number of nitrogens with zero attached hydrogens (tertiary/aromatic N) is 3. The van der Waals surface area contributed by atoms with Crippen LogP contribution in [0.15, 0.2) is 67.0 Å². The molecule has 0 spiro atoms. The summed E-state index contributed by atoms with van der Waals surface area (Å²) < 4.78 is 13.0. The van der Waals surface area contributed by atoms with Crippen molar-refractivity contribution in [3.8, 4) is 11.1 Å². The summed E-state index contributed by atoms with van der Waals surface area (Å²) in [6.45, 7) is 1.84. The van der Waals surface area contributed by atoms with Gasteiger partial charge in [0, 0.05) is 37.6 Å². The van der Waals surface area contributed by atoms with E-state index in [1.165, 1.54) is 12.1 Å². The van der Waals surface area contributed by atoms with Gasteiger partial charge in [0.25, 0.3) is 0 Å². The molecule has 148 valence electrons. The van der Waals surface area contributed by atoms with E-state index < -0.39 is 0 Å². The van der Waals surface area contributed by atoms with Crippen LogP contribution in [0.3, 0.4) is 0 Å². The highest BCUT2D eigenvalue weighted by Gasteiger charge is 2.27. The maximum Gasteiger partial charge on any atom is 0.225 e. The van der Waals surface area contributed by atoms with Crippen LogP contribution >= 0.6 is 0 Å². The maximum atomic E-state index is 13.0. The molecule has 1 aliphatic rings. The number of rotatable bonds is 5. The minimum Gasteiger partial charge on any atom is -0.352 e. The van der Waals surface area contributed by atoms with Crippen LogP contribution in [0, 0.1) is 11.7 Å². The second-order valence-electron chi connectivity index (χ2n) is 7.27. The maximum absolute atomic E-state index is 13.0. The van der Waals surface area contributed by atoms with Gasteiger partial charge in [0.2, 0.25) is 11.9 Å². The van der Waals surface area contributed by atoms with Crippen LogP contribution in [0.4, 0.5) is 10.3 Å². The predicted octanol–water partition coefficient (Wildman–Crippen LogP) is 3.82. The third-order valence-electron chi connectivity index (χ3n) is 5.20. The molecule has 0 aliphatic carbocycles. The highest BCUT2D eigenvalue weighted by atomic mass is 19.1. The Balaban J connectivity index is 1.36. The molecule has 0 radical (unpaired) electrons. The number of halogens is 1. The van der Waals surface area contributed by atoms with Gasteiger partial charge < -0.3 is 10.2 Å². The third-order valence-corrected chi connectivity index (χ3v) is 5.20. The Morgan fingerprint density at radius 1 is 1.03 bits per heavy atom. The van der Waals surface area contributed by atoms with Crippen molar-refractivity contribution in [2.75, 3.05) is 18.0 Å². The molecule has 1 atom stereocenters. The SMILES string of the molecule is O=C(NCc1ccc(F)cc1)[C@H]1CCCN(c2ncc(-c3ccccc3)cn2)C1. The van der Waals surface area contributed by atoms with Crippen molar-refractivity contribution in [3.05, 3.63) is 78.4 Å². The van der Waals surface area contributed by atoms with Gasteiger partial charge in [-0.1, -0.05) is 42.5 Å². The van der Waals surface area contributed by atoms with Crippen LogP contribution in [0.25, 0.3) is 11.1 Å². The van der Waals surface area contributed by atoms with Crippen LogP contribution in [0.1, 0.15) is 18.4 Å². The molecular formula is C23H23FN4O. The van der Waals surface area contributed by atoms with Crippen LogP contribution in [-0.4, -0.2) is 29.0 Å². The lowest BCUT2D eigenvalue weighted by Gasteiger charge is -2.32. The van der Waals surface area contributed by atoms with Crippen molar-refractivity contribution in [1.29, 1.82) is 0 Å². The quantitative estimate of drug-likeness (QED) is 0.720. The van der Waals surface area contributed by atoms with E-state index in [2.05, 4.69) is 20.2 Å². The molecule has 29 heavy (non-hydrogen) atoms. The third kappa shape index (κ3) is 4.77. The molecule has 1 saturated heterocycles. The summed E-state index contributed by atoms with van der Waals surface area (Å²) in [4.78, 5) is 23.7. The molecule has 4 rings (SSSR count). The van der Waals surface area contributed by atoms with Gasteiger partial charge in [-0.2, -0.15) is 0 Å². The van der Waals surface area contributed by atoms with Crippen LogP contribution in [-0.2, 0) is 11.3 Å². The Kier molecular flexibility index (Phi) is 5.79. The van der Waals surface area contributed by atoms with E-state index in [9.17, 15) is 9.18 Å². The fourth-order valence-corrected chi connectivity index (χ4v) is 3.57. The van der Waals surface area contributed by atoms with Gasteiger partial charge in [0.1, 0.15) is 5.82 Å². The lowest BCUT2D eigenvalue weighted by molar-refractivity contribution is -0.125. The summed E-state index contributed by atoms with van der Waals surface area (Å²) in [6.07, 6.45) is 5.41. The molecule has 0 bridgehead atoms. The Hall–Kier alpha value is -3.28. The first-order chi connectivity index (χ1) is 14.2. The fourth-order valence-electron chi connectivity index (χ4n) is 3.57. The number of hydrogen-bond acceptors (Lipinski definition) is 4. The number of hydrogen-bond donors (Lipinski definition) is 1. The van der Waals surface area contributed by atoms with E-state index in [-0.39, 0.29) is 17.6 Å². The van der Waals surface area contributed by atoms with E-state index in [0.717, 1.165) is 36.1 Å². The van der Waals surface area contributed by atoms with Crippen molar-refractivity contribution in [1.82, 2.24) is 15.3 Å². The molecule has 1 amide bonds. The Bertz CT molecular complexity index is 945. The number of piperidine rings is 1. The molecule has 0 unspecified atom stereocenters. The molecule has 2 heterocycles. The topological polar surface area (TPSA) is 58.1 Å². The summed E-state index contributed by atoms with van der Waals surface area (Å²) in [7, 11) is 0. The summed E-state index contributed by atoms with van der Waals surface area (Å²) in [5.74, 6) is 0.281. The first-order valence-electron chi connectivity index (χ1n) is 9.83. The van der Waals surface area contributed by atoms with Gasteiger partial charge in [-0.05, 0) is 36.1 Å². The van der Waals surface area contributed by atoms with Crippen molar-refractivity contribution in [2.24, 2.45) is 5.92 Å². The fraction of sp³-hybridized carbons (Fsp3) is 0.261. The number of carbonyl (C=O) groups excluding carboxylic acids is 1. The number of amides is 1. The predicted molar refractivity (Wildman–Crippen MR) is 111 cm³/mol. The highest BCUT2D eigenvalue weighted by Crippen LogP contribution is 2.23. The second kappa shape index (κ2) is 8.82. The van der Waals surface area contributed by atoms with E-state index in [4.69, 9.17) is 0 Å². The van der Waals surface area contributed by atoms with Gasteiger partial charge in [0.05, 0.1) is 5.92 Å². The average molecular weight is 390 g/mol. The van der Waals surface area contributed by atoms with Gasteiger partial charge in [0.15, 0.2) is 0 Å². The Labute approximate surface area is 169 Å². The molecular weight excluding hydrogens is 367 g/mol. The number of anilines is 1. The van der Waals surface area contributed by atoms with E-state index >= 15 is 0 Å². The smallest absolute Gasteiger partial charge is 0.225 e. The molecule has 1 fully saturated rings. The summed E-state index contributed by atoms with van der Waals surface area (Å²) in [5, 5.41) is 2.96. The lowest BCUT2D eigenvalue weighted by atomic mass is 9.97. The molecule has 1 aromatic heterocycles. The first kappa shape index (κ1) is 19.1. The minimum atomic E-state index is -0.277. The summed E-state index contributed by atoms with van der Waals surface area (Å²) >= 11 is 0. The largest absolute Gasteiger partial charge is 0.352 e. The molecule has 1 aliphatic heterocycles. The summed E-state index contributed by atoms with van der Waals surface area (Å²) in [5.41, 5.74) is 2.93. The number of aromatic nitrogens is 2. The highest BCUT2D eigenvalue weighted by molar-refractivity contribution is 5.79. The molecule has 6 heteroatoms. The van der Waals surface area contributed by atoms with Gasteiger partial charge in [-0.15, -0.1) is 0 Å². The van der Waals surface area contributed by atoms with Gasteiger partial charge >= 0.3 is 0 Å². The molecule has 3 aromatic rings. The number of benzene rings is 2. The molecule has 2 aromatic carbocycles. The number of nitrogens with one attached hydrogen (secondary N) is 1. The van der Waals surface area contributed by atoms with Gasteiger partial charge in [-0.25, -0.2) is 14.4 Å². The van der Waals surface area contributed by atoms with Crippen LogP contribution < -0.4 is 10.2 Å². The Morgan fingerprint density at radius 3 is 2.48 bits per heavy atom. The first-order valence-corrected chi connectivity index (χ1v) is 9.83. The van der Waals surface area contributed by atoms with Crippen LogP contribution in [0.2, 0.25) is 0 Å². The van der Waals surface area contributed by atoms with Gasteiger partial charge in [-0.3, -0.25) is 4.79 Å². The number of carbonyl (C=O) groups is 1. The Morgan fingerprint density at radius 2 is 1.76 bits per heavy atom. The van der Waals surface area contributed by atoms with E-state index in [1.54, 1.807) is 12.1 Å². The summed E-state index contributed by atoms with van der Waals surface area (Å²) in [6, 6.07) is 16.2. The van der Waals surface area contributed by atoms with Crippen molar-refractivity contribution < 1.29 is 9.18 Å². The van der Waals surface area contributed by atoms with Crippen molar-refractivity contribution in [3.63, 3.8) is 0 Å². The zero-order valence-corrected chi connectivity index (χ0v) is 16.1. The molecule has 5 nitrogen and oxygen atoms in total. The molecule has 0 saturated carbocycles. The minimum absolute atomic E-state index is 0.0138. The molecule has 1 N–H and O–H groups in total. The monoisotopic (exact) mass is 390 g/mol. The van der Waals surface area contributed by atoms with Crippen LogP contribution in [0.5, 0.6) is 0 Å².